The number of nitrogen functional groups attached to an aromatic ring is 2. The average Bonchev–Trinajstić information content (AvgIpc) is 2.57. The summed E-state index contributed by atoms with van der Waals surface area (Å²) in [6.45, 7) is 1.14. The van der Waals surface area contributed by atoms with E-state index in [-0.39, 0.29) is 5.78 Å². The molecule has 0 amide bonds. The van der Waals surface area contributed by atoms with Gasteiger partial charge in [0, 0.05) is 19.0 Å². The van der Waals surface area contributed by atoms with Crippen molar-refractivity contribution in [3.8, 4) is 0 Å². The van der Waals surface area contributed by atoms with Gasteiger partial charge in [0.2, 0.25) is 0 Å². The molecule has 14 heavy (non-hydrogen) atoms. The second kappa shape index (κ2) is 3.17. The van der Waals surface area contributed by atoms with Crippen molar-refractivity contribution in [1.82, 2.24) is 4.98 Å². The van der Waals surface area contributed by atoms with E-state index in [0.29, 0.717) is 24.3 Å². The Balaban J connectivity index is 2.24. The summed E-state index contributed by atoms with van der Waals surface area (Å²) in [5, 5.41) is 0. The van der Waals surface area contributed by atoms with Gasteiger partial charge in [-0.2, -0.15) is 0 Å². The van der Waals surface area contributed by atoms with Crippen molar-refractivity contribution in [2.45, 2.75) is 6.42 Å². The molecule has 0 saturated carbocycles. The molecular formula is C9H12N4O. The van der Waals surface area contributed by atoms with Crippen LogP contribution in [0.4, 0.5) is 17.2 Å². The summed E-state index contributed by atoms with van der Waals surface area (Å²) < 4.78 is 0. The van der Waals surface area contributed by atoms with Crippen molar-refractivity contribution in [2.75, 3.05) is 29.5 Å². The molecule has 0 radical (unpaired) electrons. The molecule has 5 heteroatoms. The van der Waals surface area contributed by atoms with Gasteiger partial charge in [-0.3, -0.25) is 4.79 Å². The van der Waals surface area contributed by atoms with Gasteiger partial charge in [0.25, 0.3) is 0 Å². The summed E-state index contributed by atoms with van der Waals surface area (Å²) >= 11 is 0. The zero-order valence-electron chi connectivity index (χ0n) is 7.73. The van der Waals surface area contributed by atoms with Crippen LogP contribution in [-0.2, 0) is 4.79 Å². The van der Waals surface area contributed by atoms with Crippen LogP contribution in [0.2, 0.25) is 0 Å². The van der Waals surface area contributed by atoms with E-state index in [4.69, 9.17) is 11.5 Å². The van der Waals surface area contributed by atoms with E-state index >= 15 is 0 Å². The molecule has 1 aliphatic rings. The second-order valence-electron chi connectivity index (χ2n) is 3.38. The Hall–Kier alpha value is -1.78. The van der Waals surface area contributed by atoms with E-state index in [1.807, 2.05) is 4.90 Å². The monoisotopic (exact) mass is 192 g/mol. The van der Waals surface area contributed by atoms with E-state index in [9.17, 15) is 4.79 Å². The molecule has 0 bridgehead atoms. The predicted molar refractivity (Wildman–Crippen MR) is 54.9 cm³/mol. The Morgan fingerprint density at radius 2 is 2.14 bits per heavy atom. The first-order valence-electron chi connectivity index (χ1n) is 4.44. The minimum Gasteiger partial charge on any atom is -0.397 e. The smallest absolute Gasteiger partial charge is 0.153 e. The number of nitrogens with two attached hydrogens (primary N) is 2. The van der Waals surface area contributed by atoms with Gasteiger partial charge in [-0.15, -0.1) is 0 Å². The number of anilines is 3. The molecule has 1 fully saturated rings. The Bertz CT molecular complexity index is 377. The lowest BCUT2D eigenvalue weighted by atomic mass is 10.3. The maximum atomic E-state index is 11.1. The van der Waals surface area contributed by atoms with Crippen LogP contribution in [0.25, 0.3) is 0 Å². The molecule has 5 nitrogen and oxygen atoms in total. The third-order valence-corrected chi connectivity index (χ3v) is 2.31. The number of hydrogen-bond donors (Lipinski definition) is 2. The van der Waals surface area contributed by atoms with E-state index < -0.39 is 0 Å². The lowest BCUT2D eigenvalue weighted by Gasteiger charge is -2.15. The molecule has 0 unspecified atom stereocenters. The van der Waals surface area contributed by atoms with Crippen molar-refractivity contribution in [2.24, 2.45) is 0 Å². The number of aromatic nitrogens is 1. The van der Waals surface area contributed by atoms with E-state index in [2.05, 4.69) is 4.98 Å². The van der Waals surface area contributed by atoms with Crippen LogP contribution in [0.3, 0.4) is 0 Å². The van der Waals surface area contributed by atoms with Gasteiger partial charge in [0.05, 0.1) is 24.1 Å². The van der Waals surface area contributed by atoms with Crippen molar-refractivity contribution in [3.63, 3.8) is 0 Å². The van der Waals surface area contributed by atoms with E-state index in [1.54, 1.807) is 6.07 Å². The van der Waals surface area contributed by atoms with Crippen molar-refractivity contribution in [1.29, 1.82) is 0 Å². The average molecular weight is 192 g/mol. The van der Waals surface area contributed by atoms with Crippen LogP contribution >= 0.6 is 0 Å². The van der Waals surface area contributed by atoms with Crippen LogP contribution in [-0.4, -0.2) is 23.9 Å². The lowest BCUT2D eigenvalue weighted by molar-refractivity contribution is -0.116. The number of carbonyl (C=O) groups is 1. The van der Waals surface area contributed by atoms with E-state index in [1.165, 1.54) is 6.20 Å². The van der Waals surface area contributed by atoms with Crippen molar-refractivity contribution < 1.29 is 4.79 Å². The summed E-state index contributed by atoms with van der Waals surface area (Å²) in [6, 6.07) is 1.70. The molecule has 0 aliphatic carbocycles. The van der Waals surface area contributed by atoms with Crippen molar-refractivity contribution >= 4 is 23.0 Å². The maximum absolute atomic E-state index is 11.1. The van der Waals surface area contributed by atoms with Crippen LogP contribution in [0.1, 0.15) is 6.42 Å². The Morgan fingerprint density at radius 1 is 1.36 bits per heavy atom. The molecule has 0 aromatic carbocycles. The highest BCUT2D eigenvalue weighted by Crippen LogP contribution is 2.21. The van der Waals surface area contributed by atoms with Gasteiger partial charge in [0.1, 0.15) is 5.82 Å². The number of rotatable bonds is 1. The first-order chi connectivity index (χ1) is 6.66. The minimum absolute atomic E-state index is 0.238. The molecule has 1 aliphatic heterocycles. The first-order valence-corrected chi connectivity index (χ1v) is 4.44. The lowest BCUT2D eigenvalue weighted by Crippen LogP contribution is -2.20. The Labute approximate surface area is 81.7 Å². The van der Waals surface area contributed by atoms with Gasteiger partial charge in [-0.05, 0) is 0 Å². The molecule has 2 rings (SSSR count). The third kappa shape index (κ3) is 1.48. The summed E-state index contributed by atoms with van der Waals surface area (Å²) in [5.41, 5.74) is 12.2. The molecule has 74 valence electrons. The standard InChI is InChI=1S/C9H12N4O/c10-7-3-9(12-4-8(7)11)13-2-1-6(14)5-13/h3-4H,1-2,5,11H2,(H2,10,12). The summed E-state index contributed by atoms with van der Waals surface area (Å²) in [5.74, 6) is 0.963. The zero-order valence-corrected chi connectivity index (χ0v) is 7.73. The Kier molecular flexibility index (Phi) is 1.99. The molecule has 0 spiro atoms. The zero-order chi connectivity index (χ0) is 10.1. The third-order valence-electron chi connectivity index (χ3n) is 2.31. The molecule has 1 saturated heterocycles. The summed E-state index contributed by atoms with van der Waals surface area (Å²) in [7, 11) is 0. The SMILES string of the molecule is Nc1cnc(N2CCC(=O)C2)cc1N. The summed E-state index contributed by atoms with van der Waals surface area (Å²) in [4.78, 5) is 17.1. The molecule has 2 heterocycles. The largest absolute Gasteiger partial charge is 0.397 e. The predicted octanol–water partition coefficient (Wildman–Crippen LogP) is 0.0252. The van der Waals surface area contributed by atoms with Gasteiger partial charge < -0.3 is 16.4 Å². The molecule has 1 aromatic rings. The Morgan fingerprint density at radius 3 is 2.71 bits per heavy atom. The highest BCUT2D eigenvalue weighted by Gasteiger charge is 2.20. The van der Waals surface area contributed by atoms with Gasteiger partial charge in [0.15, 0.2) is 5.78 Å². The fourth-order valence-electron chi connectivity index (χ4n) is 1.47. The topological polar surface area (TPSA) is 85.2 Å². The number of carbonyl (C=O) groups excluding carboxylic acids is 1. The van der Waals surface area contributed by atoms with Gasteiger partial charge >= 0.3 is 0 Å². The maximum Gasteiger partial charge on any atom is 0.153 e. The highest BCUT2D eigenvalue weighted by atomic mass is 16.1. The van der Waals surface area contributed by atoms with E-state index in [0.717, 1.165) is 12.4 Å². The number of nitrogens with zero attached hydrogens (tertiary/aromatic N) is 2. The number of pyridine rings is 1. The van der Waals surface area contributed by atoms with Gasteiger partial charge in [-0.25, -0.2) is 4.98 Å². The summed E-state index contributed by atoms with van der Waals surface area (Å²) in [6.07, 6.45) is 2.11. The molecule has 4 N–H and O–H groups in total. The quantitative estimate of drug-likeness (QED) is 0.655. The number of Topliss-reactive ketones (excluding diaryl/α,β-unsaturated/α-hetero) is 1. The minimum atomic E-state index is 0.238. The fraction of sp³-hybridized carbons (Fsp3) is 0.333. The molecule has 1 aromatic heterocycles. The van der Waals surface area contributed by atoms with Crippen LogP contribution < -0.4 is 16.4 Å². The van der Waals surface area contributed by atoms with Crippen LogP contribution in [0, 0.1) is 0 Å². The number of hydrogen-bond acceptors (Lipinski definition) is 5. The van der Waals surface area contributed by atoms with Crippen LogP contribution in [0.5, 0.6) is 0 Å². The van der Waals surface area contributed by atoms with Gasteiger partial charge in [-0.1, -0.05) is 0 Å². The number of ketones is 1. The molecule has 0 atom stereocenters. The molecular weight excluding hydrogens is 180 g/mol. The van der Waals surface area contributed by atoms with Crippen LogP contribution in [0.15, 0.2) is 12.3 Å². The first kappa shape index (κ1) is 8.80. The highest BCUT2D eigenvalue weighted by molar-refractivity contribution is 5.87. The second-order valence-corrected chi connectivity index (χ2v) is 3.38. The normalized spacial score (nSPS) is 16.3. The fourth-order valence-corrected chi connectivity index (χ4v) is 1.47. The van der Waals surface area contributed by atoms with Crippen molar-refractivity contribution in [3.05, 3.63) is 12.3 Å².